The molecule has 0 radical (unpaired) electrons. The number of rotatable bonds is 7. The maximum Gasteiger partial charge on any atom is 0.345 e. The van der Waals surface area contributed by atoms with Crippen LogP contribution in [0, 0.1) is 19.8 Å². The number of amides is 1. The molecule has 130 valence electrons. The van der Waals surface area contributed by atoms with Gasteiger partial charge < -0.3 is 10.3 Å². The van der Waals surface area contributed by atoms with Gasteiger partial charge in [-0.05, 0) is 38.7 Å². The summed E-state index contributed by atoms with van der Waals surface area (Å²) in [5.41, 5.74) is 0.387. The standard InChI is InChI=1S/C16H24N6O2/c1-10(2)8-13-9-14(20-16(24)19-13)15(23)17-6-5-7-22-12(4)18-11(3)21-22/h9-10H,5-8H2,1-4H3,(H,17,23)(H,19,20,24). The lowest BCUT2D eigenvalue weighted by Gasteiger charge is -2.08. The van der Waals surface area contributed by atoms with Crippen LogP contribution in [-0.4, -0.2) is 37.2 Å². The molecular formula is C16H24N6O2. The Hall–Kier alpha value is -2.51. The Morgan fingerprint density at radius 1 is 1.33 bits per heavy atom. The Kier molecular flexibility index (Phi) is 5.83. The molecule has 0 unspecified atom stereocenters. The van der Waals surface area contributed by atoms with E-state index in [1.54, 1.807) is 6.07 Å². The van der Waals surface area contributed by atoms with E-state index in [1.807, 2.05) is 32.4 Å². The quantitative estimate of drug-likeness (QED) is 0.736. The van der Waals surface area contributed by atoms with Crippen LogP contribution >= 0.6 is 0 Å². The summed E-state index contributed by atoms with van der Waals surface area (Å²) in [6.45, 7) is 8.99. The molecule has 0 aliphatic heterocycles. The number of aromatic amines is 1. The van der Waals surface area contributed by atoms with Gasteiger partial charge in [0, 0.05) is 18.8 Å². The number of aryl methyl sites for hydroxylation is 3. The SMILES string of the molecule is Cc1nc(C)n(CCCNC(=O)c2cc(CC(C)C)[nH]c(=O)n2)n1. The fourth-order valence-electron chi connectivity index (χ4n) is 2.47. The molecule has 8 heteroatoms. The Bertz CT molecular complexity index is 762. The average molecular weight is 332 g/mol. The van der Waals surface area contributed by atoms with Crippen LogP contribution in [0.3, 0.4) is 0 Å². The number of nitrogens with zero attached hydrogens (tertiary/aromatic N) is 4. The molecule has 0 aliphatic rings. The van der Waals surface area contributed by atoms with E-state index in [1.165, 1.54) is 0 Å². The van der Waals surface area contributed by atoms with Gasteiger partial charge in [-0.25, -0.2) is 9.78 Å². The Morgan fingerprint density at radius 2 is 2.08 bits per heavy atom. The second kappa shape index (κ2) is 7.85. The van der Waals surface area contributed by atoms with E-state index >= 15 is 0 Å². The molecule has 0 saturated heterocycles. The fraction of sp³-hybridized carbons (Fsp3) is 0.562. The van der Waals surface area contributed by atoms with Crippen molar-refractivity contribution in [3.63, 3.8) is 0 Å². The van der Waals surface area contributed by atoms with Crippen molar-refractivity contribution < 1.29 is 4.79 Å². The zero-order valence-corrected chi connectivity index (χ0v) is 14.6. The molecule has 0 bridgehead atoms. The van der Waals surface area contributed by atoms with Gasteiger partial charge in [0.2, 0.25) is 0 Å². The molecule has 0 saturated carbocycles. The molecule has 0 spiro atoms. The summed E-state index contributed by atoms with van der Waals surface area (Å²) in [6.07, 6.45) is 1.42. The first kappa shape index (κ1) is 17.8. The predicted molar refractivity (Wildman–Crippen MR) is 89.8 cm³/mol. The minimum atomic E-state index is -0.494. The summed E-state index contributed by atoms with van der Waals surface area (Å²) in [7, 11) is 0. The number of aromatic nitrogens is 5. The van der Waals surface area contributed by atoms with E-state index in [0.717, 1.165) is 23.8 Å². The van der Waals surface area contributed by atoms with Crippen LogP contribution in [0.15, 0.2) is 10.9 Å². The van der Waals surface area contributed by atoms with Crippen LogP contribution in [0.1, 0.15) is 48.1 Å². The Balaban J connectivity index is 1.89. The van der Waals surface area contributed by atoms with Gasteiger partial charge in [-0.1, -0.05) is 13.8 Å². The third-order valence-corrected chi connectivity index (χ3v) is 3.46. The molecule has 2 heterocycles. The molecule has 2 aromatic rings. The normalized spacial score (nSPS) is 11.0. The van der Waals surface area contributed by atoms with Crippen molar-refractivity contribution >= 4 is 5.91 Å². The maximum atomic E-state index is 12.2. The highest BCUT2D eigenvalue weighted by Crippen LogP contribution is 2.04. The van der Waals surface area contributed by atoms with E-state index in [-0.39, 0.29) is 11.6 Å². The average Bonchev–Trinajstić information content (AvgIpc) is 2.80. The number of nitrogens with one attached hydrogen (secondary N) is 2. The highest BCUT2D eigenvalue weighted by atomic mass is 16.2. The van der Waals surface area contributed by atoms with Crippen LogP contribution in [0.4, 0.5) is 0 Å². The third kappa shape index (κ3) is 5.00. The second-order valence-corrected chi connectivity index (χ2v) is 6.23. The van der Waals surface area contributed by atoms with Gasteiger partial charge in [0.15, 0.2) is 0 Å². The summed E-state index contributed by atoms with van der Waals surface area (Å²) >= 11 is 0. The van der Waals surface area contributed by atoms with Crippen molar-refractivity contribution in [3.05, 3.63) is 39.6 Å². The molecule has 0 aliphatic carbocycles. The van der Waals surface area contributed by atoms with Crippen molar-refractivity contribution in [1.82, 2.24) is 30.0 Å². The van der Waals surface area contributed by atoms with Crippen LogP contribution in [0.2, 0.25) is 0 Å². The number of hydrogen-bond donors (Lipinski definition) is 2. The van der Waals surface area contributed by atoms with Gasteiger partial charge in [-0.2, -0.15) is 10.1 Å². The molecular weight excluding hydrogens is 308 g/mol. The van der Waals surface area contributed by atoms with E-state index in [2.05, 4.69) is 25.4 Å². The molecule has 8 nitrogen and oxygen atoms in total. The summed E-state index contributed by atoms with van der Waals surface area (Å²) < 4.78 is 1.81. The van der Waals surface area contributed by atoms with E-state index in [4.69, 9.17) is 0 Å². The molecule has 0 atom stereocenters. The van der Waals surface area contributed by atoms with Gasteiger partial charge in [0.25, 0.3) is 5.91 Å². The van der Waals surface area contributed by atoms with Crippen molar-refractivity contribution in [2.45, 2.75) is 47.1 Å². The number of carbonyl (C=O) groups is 1. The molecule has 0 fully saturated rings. The molecule has 1 amide bonds. The molecule has 0 aromatic carbocycles. The second-order valence-electron chi connectivity index (χ2n) is 6.23. The number of H-pyrrole nitrogens is 1. The lowest BCUT2D eigenvalue weighted by Crippen LogP contribution is -2.29. The Morgan fingerprint density at radius 3 is 2.71 bits per heavy atom. The highest BCUT2D eigenvalue weighted by molar-refractivity contribution is 5.92. The van der Waals surface area contributed by atoms with Gasteiger partial charge in [-0.3, -0.25) is 9.48 Å². The largest absolute Gasteiger partial charge is 0.351 e. The van der Waals surface area contributed by atoms with E-state index in [9.17, 15) is 9.59 Å². The lowest BCUT2D eigenvalue weighted by atomic mass is 10.1. The van der Waals surface area contributed by atoms with Gasteiger partial charge in [-0.15, -0.1) is 0 Å². The minimum absolute atomic E-state index is 0.155. The van der Waals surface area contributed by atoms with Crippen molar-refractivity contribution in [1.29, 1.82) is 0 Å². The lowest BCUT2D eigenvalue weighted by molar-refractivity contribution is 0.0947. The smallest absolute Gasteiger partial charge is 0.345 e. The minimum Gasteiger partial charge on any atom is -0.351 e. The fourth-order valence-corrected chi connectivity index (χ4v) is 2.47. The summed E-state index contributed by atoms with van der Waals surface area (Å²) in [5, 5.41) is 7.06. The zero-order valence-electron chi connectivity index (χ0n) is 14.6. The summed E-state index contributed by atoms with van der Waals surface area (Å²) in [6, 6.07) is 1.64. The van der Waals surface area contributed by atoms with Gasteiger partial charge in [0.05, 0.1) is 0 Å². The maximum absolute atomic E-state index is 12.2. The van der Waals surface area contributed by atoms with Crippen molar-refractivity contribution in [3.8, 4) is 0 Å². The monoisotopic (exact) mass is 332 g/mol. The Labute approximate surface area is 140 Å². The van der Waals surface area contributed by atoms with Gasteiger partial charge >= 0.3 is 5.69 Å². The van der Waals surface area contributed by atoms with E-state index < -0.39 is 5.69 Å². The van der Waals surface area contributed by atoms with Crippen LogP contribution in [0.25, 0.3) is 0 Å². The summed E-state index contributed by atoms with van der Waals surface area (Å²) in [5.74, 6) is 1.64. The van der Waals surface area contributed by atoms with Gasteiger partial charge in [0.1, 0.15) is 17.3 Å². The zero-order chi connectivity index (χ0) is 17.7. The predicted octanol–water partition coefficient (Wildman–Crippen LogP) is 0.997. The van der Waals surface area contributed by atoms with Crippen LogP contribution in [0.5, 0.6) is 0 Å². The molecule has 2 rings (SSSR count). The van der Waals surface area contributed by atoms with Crippen molar-refractivity contribution in [2.75, 3.05) is 6.54 Å². The molecule has 2 aromatic heterocycles. The highest BCUT2D eigenvalue weighted by Gasteiger charge is 2.11. The van der Waals surface area contributed by atoms with Crippen molar-refractivity contribution in [2.24, 2.45) is 5.92 Å². The summed E-state index contributed by atoms with van der Waals surface area (Å²) in [4.78, 5) is 34.4. The van der Waals surface area contributed by atoms with E-state index in [0.29, 0.717) is 25.4 Å². The topological polar surface area (TPSA) is 106 Å². The molecule has 2 N–H and O–H groups in total. The third-order valence-electron chi connectivity index (χ3n) is 3.46. The first-order valence-corrected chi connectivity index (χ1v) is 8.11. The van der Waals surface area contributed by atoms with Crippen LogP contribution < -0.4 is 11.0 Å². The first-order valence-electron chi connectivity index (χ1n) is 8.11. The number of hydrogen-bond acceptors (Lipinski definition) is 5. The molecule has 24 heavy (non-hydrogen) atoms. The first-order chi connectivity index (χ1) is 11.3. The number of carbonyl (C=O) groups excluding carboxylic acids is 1. The van der Waals surface area contributed by atoms with Crippen LogP contribution in [-0.2, 0) is 13.0 Å².